The van der Waals surface area contributed by atoms with Crippen LogP contribution < -0.4 is 9.80 Å². The summed E-state index contributed by atoms with van der Waals surface area (Å²) in [6.45, 7) is 19.9. The van der Waals surface area contributed by atoms with Crippen molar-refractivity contribution < 1.29 is 19.5 Å². The first kappa shape index (κ1) is 40.1. The van der Waals surface area contributed by atoms with E-state index in [2.05, 4.69) is 102 Å². The van der Waals surface area contributed by atoms with Gasteiger partial charge < -0.3 is 9.80 Å². The fourth-order valence-electron chi connectivity index (χ4n) is 10.1. The zero-order valence-corrected chi connectivity index (χ0v) is 36.2. The summed E-state index contributed by atoms with van der Waals surface area (Å²) in [4.78, 5) is 5.25. The van der Waals surface area contributed by atoms with Crippen LogP contribution in [-0.2, 0) is 19.5 Å². The average molecular weight is 821 g/mol. The summed E-state index contributed by atoms with van der Waals surface area (Å²) >= 11 is 16.4. The minimum absolute atomic E-state index is 0. The number of nitrogens with zero attached hydrogens (tertiary/aromatic N) is 2. The van der Waals surface area contributed by atoms with Gasteiger partial charge in [-0.3, -0.25) is 0 Å². The molecule has 272 valence electrons. The Balaban J connectivity index is 0.00000486. The summed E-state index contributed by atoms with van der Waals surface area (Å²) in [7, 11) is -0.429. The molecule has 2 aromatic rings. The summed E-state index contributed by atoms with van der Waals surface area (Å²) in [5, 5.41) is -0.241. The molecule has 50 heavy (non-hydrogen) atoms. The molecule has 1 saturated heterocycles. The first-order chi connectivity index (χ1) is 23.4. The van der Waals surface area contributed by atoms with Crippen molar-refractivity contribution in [3.8, 4) is 0 Å². The van der Waals surface area contributed by atoms with E-state index < -0.39 is 7.92 Å². The Morgan fingerprint density at radius 3 is 1.54 bits per heavy atom. The maximum atomic E-state index is 8.36. The van der Waals surface area contributed by atoms with Gasteiger partial charge in [-0.2, -0.15) is 0 Å². The van der Waals surface area contributed by atoms with Crippen molar-refractivity contribution in [2.24, 2.45) is 0 Å². The van der Waals surface area contributed by atoms with Gasteiger partial charge in [-0.15, -0.1) is 23.2 Å². The molecule has 1 aliphatic heterocycles. The summed E-state index contributed by atoms with van der Waals surface area (Å²) < 4.78 is -0.360. The van der Waals surface area contributed by atoms with Crippen LogP contribution in [0.5, 0.6) is 0 Å². The van der Waals surface area contributed by atoms with Crippen LogP contribution in [-0.4, -0.2) is 34.4 Å². The molecule has 6 rings (SSSR count). The second-order valence-corrected chi connectivity index (χ2v) is 20.5. The molecule has 0 N–H and O–H groups in total. The molecule has 0 radical (unpaired) electrons. The summed E-state index contributed by atoms with van der Waals surface area (Å²) in [5.74, 6) is 1.30. The van der Waals surface area contributed by atoms with Gasteiger partial charge in [0.2, 0.25) is 0 Å². The zero-order valence-electron chi connectivity index (χ0n) is 32.0. The van der Waals surface area contributed by atoms with Crippen molar-refractivity contribution in [3.63, 3.8) is 0 Å². The normalized spacial score (nSPS) is 24.7. The van der Waals surface area contributed by atoms with Crippen LogP contribution in [0.15, 0.2) is 59.0 Å². The smallest absolute Gasteiger partial charge is 0.325 e. The third kappa shape index (κ3) is 8.03. The van der Waals surface area contributed by atoms with Crippen LogP contribution in [0.2, 0.25) is 0 Å². The van der Waals surface area contributed by atoms with Crippen LogP contribution in [0.3, 0.4) is 0 Å². The molecule has 6 heteroatoms. The van der Waals surface area contributed by atoms with E-state index in [0.29, 0.717) is 0 Å². The fraction of sp³-hybridized carbons (Fsp3) is 0.591. The monoisotopic (exact) mass is 820 g/mol. The minimum atomic E-state index is -0.429. The number of hydrogen-bond donors (Lipinski definition) is 0. The van der Waals surface area contributed by atoms with Gasteiger partial charge in [-0.25, -0.2) is 0 Å². The van der Waals surface area contributed by atoms with Gasteiger partial charge in [0.25, 0.3) is 0 Å². The number of rotatable bonds is 6. The second kappa shape index (κ2) is 16.9. The molecule has 2 nitrogen and oxygen atoms in total. The molecule has 0 amide bonds. The minimum Gasteiger partial charge on any atom is -0.325 e. The van der Waals surface area contributed by atoms with E-state index in [4.69, 9.17) is 23.2 Å². The van der Waals surface area contributed by atoms with Crippen molar-refractivity contribution in [1.29, 1.82) is 0 Å². The van der Waals surface area contributed by atoms with Crippen LogP contribution in [0.4, 0.5) is 11.4 Å². The molecule has 4 fully saturated rings. The van der Waals surface area contributed by atoms with Crippen molar-refractivity contribution in [2.75, 3.05) is 22.9 Å². The molecule has 2 aromatic carbocycles. The van der Waals surface area contributed by atoms with Gasteiger partial charge in [0.15, 0.2) is 0 Å². The van der Waals surface area contributed by atoms with Crippen LogP contribution in [0.25, 0.3) is 0 Å². The maximum absolute atomic E-state index is 8.36. The number of anilines is 2. The third-order valence-electron chi connectivity index (χ3n) is 11.8. The Kier molecular flexibility index (Phi) is 13.6. The summed E-state index contributed by atoms with van der Waals surface area (Å²) in [6, 6.07) is 9.39. The topological polar surface area (TPSA) is 6.48 Å². The van der Waals surface area contributed by atoms with Crippen molar-refractivity contribution in [2.45, 2.75) is 154 Å². The van der Waals surface area contributed by atoms with E-state index in [1.54, 1.807) is 0 Å². The molecule has 0 aromatic heterocycles. The predicted octanol–water partition coefficient (Wildman–Crippen LogP) is 13.4. The largest absolute Gasteiger partial charge is 2.00 e. The number of alkyl halides is 2. The zero-order chi connectivity index (χ0) is 35.0. The number of halogens is 2. The van der Waals surface area contributed by atoms with Gasteiger partial charge in [0.05, 0.1) is 9.99 Å². The molecule has 4 aliphatic rings. The van der Waals surface area contributed by atoms with E-state index in [9.17, 15) is 0 Å². The molecule has 1 heterocycles. The molecule has 2 atom stereocenters. The SMILES string of the molecule is CC(C)=CC=C1C(Cl)C(=C2N(c3c(C)cc(C)cc3C)CCN2c2c(C)cc(C)cc2C)CCC1(Cl)P(C1CCCCC1)C1CCCCC1.[Ru+2]. The van der Waals surface area contributed by atoms with Crippen molar-refractivity contribution in [3.05, 3.63) is 92.3 Å². The maximum Gasteiger partial charge on any atom is 2.00 e. The molecular formula is C44H61Cl2N2PRu+2. The summed E-state index contributed by atoms with van der Waals surface area (Å²) in [5.41, 5.74) is 16.1. The average Bonchev–Trinajstić information content (AvgIpc) is 3.44. The van der Waals surface area contributed by atoms with Crippen LogP contribution in [0, 0.1) is 41.5 Å². The van der Waals surface area contributed by atoms with Crippen molar-refractivity contribution in [1.82, 2.24) is 0 Å². The van der Waals surface area contributed by atoms with Gasteiger partial charge in [0.1, 0.15) is 5.82 Å². The Bertz CT molecular complexity index is 1500. The standard InChI is InChI=1S/C44H61Cl2N2P.Ru/c1-29(2)19-20-39-40(45)38(21-22-44(39,46)49(36-15-11-9-12-16-36)37-17-13-10-14-18-37)43-47(41-32(5)25-30(3)26-33(41)6)23-24-48(43)42-34(7)27-31(4)28-35(42)8;/h19-20,25-28,36-37,40H,9-18,21-24H2,1-8H3;/q;+2. The Morgan fingerprint density at radius 1 is 0.720 bits per heavy atom. The fourth-order valence-corrected chi connectivity index (χ4v) is 16.2. The van der Waals surface area contributed by atoms with Crippen LogP contribution in [0.1, 0.15) is 124 Å². The predicted molar refractivity (Wildman–Crippen MR) is 219 cm³/mol. The number of benzene rings is 2. The summed E-state index contributed by atoms with van der Waals surface area (Å²) in [6.07, 6.45) is 20.3. The molecule has 2 unspecified atom stereocenters. The van der Waals surface area contributed by atoms with E-state index in [1.807, 2.05) is 0 Å². The van der Waals surface area contributed by atoms with E-state index >= 15 is 0 Å². The molecular weight excluding hydrogens is 759 g/mol. The third-order valence-corrected chi connectivity index (χ3v) is 17.2. The number of hydrogen-bond acceptors (Lipinski definition) is 2. The first-order valence-corrected chi connectivity index (χ1v) is 21.6. The van der Waals surface area contributed by atoms with E-state index in [-0.39, 0.29) is 29.5 Å². The Labute approximate surface area is 329 Å². The van der Waals surface area contributed by atoms with Crippen molar-refractivity contribution >= 4 is 42.5 Å². The van der Waals surface area contributed by atoms with Crippen LogP contribution >= 0.6 is 31.1 Å². The first-order valence-electron chi connectivity index (χ1n) is 19.3. The molecule has 3 saturated carbocycles. The Hall–Kier alpha value is -1.11. The molecule has 0 bridgehead atoms. The second-order valence-electron chi connectivity index (χ2n) is 16.1. The number of allylic oxidation sites excluding steroid dienone is 5. The van der Waals surface area contributed by atoms with Gasteiger partial charge in [0, 0.05) is 24.5 Å². The van der Waals surface area contributed by atoms with Gasteiger partial charge >= 0.3 is 19.5 Å². The molecule has 0 spiro atoms. The quantitative estimate of drug-likeness (QED) is 0.163. The van der Waals surface area contributed by atoms with Gasteiger partial charge in [-0.1, -0.05) is 99.6 Å². The van der Waals surface area contributed by atoms with Gasteiger partial charge in [-0.05, 0) is 139 Å². The van der Waals surface area contributed by atoms with E-state index in [0.717, 1.165) is 37.2 Å². The van der Waals surface area contributed by atoms with E-state index in [1.165, 1.54) is 132 Å². The number of aryl methyl sites for hydroxylation is 6. The molecule has 3 aliphatic carbocycles. The Morgan fingerprint density at radius 2 is 1.14 bits per heavy atom.